The molecule has 3 heterocycles. The second kappa shape index (κ2) is 11.5. The van der Waals surface area contributed by atoms with Crippen LogP contribution in [-0.2, 0) is 18.9 Å². The quantitative estimate of drug-likeness (QED) is 0.316. The molecule has 8 fully saturated rings. The van der Waals surface area contributed by atoms with Gasteiger partial charge in [0.2, 0.25) is 0 Å². The van der Waals surface area contributed by atoms with Crippen molar-refractivity contribution in [2.75, 3.05) is 39.4 Å². The Bertz CT molecular complexity index is 1180. The Balaban J connectivity index is 0.00000338. The van der Waals surface area contributed by atoms with E-state index in [1.165, 1.54) is 51.4 Å². The molecule has 8 nitrogen and oxygen atoms in total. The summed E-state index contributed by atoms with van der Waals surface area (Å²) in [6.07, 6.45) is 13.2. The third-order valence-corrected chi connectivity index (χ3v) is 15.4. The zero-order valence-corrected chi connectivity index (χ0v) is 28.6. The summed E-state index contributed by atoms with van der Waals surface area (Å²) in [6, 6.07) is 0. The minimum Gasteiger partial charge on any atom is -0.446 e. The first kappa shape index (κ1) is 33.0. The second-order valence-corrected chi connectivity index (χ2v) is 17.7. The van der Waals surface area contributed by atoms with Crippen molar-refractivity contribution in [1.82, 2.24) is 9.80 Å². The molecule has 2 amide bonds. The molecule has 46 heavy (non-hydrogen) atoms. The maximum absolute atomic E-state index is 13.1. The van der Waals surface area contributed by atoms with Crippen molar-refractivity contribution in [2.45, 2.75) is 137 Å². The van der Waals surface area contributed by atoms with Crippen molar-refractivity contribution in [3.8, 4) is 0 Å². The number of ether oxygens (including phenoxy) is 4. The van der Waals surface area contributed by atoms with Gasteiger partial charge in [-0.15, -0.1) is 0 Å². The van der Waals surface area contributed by atoms with Crippen molar-refractivity contribution in [2.24, 2.45) is 51.2 Å². The molecule has 3 aliphatic heterocycles. The van der Waals surface area contributed by atoms with Crippen LogP contribution < -0.4 is 0 Å². The van der Waals surface area contributed by atoms with Crippen molar-refractivity contribution in [1.29, 1.82) is 0 Å². The first-order valence-electron chi connectivity index (χ1n) is 18.6. The summed E-state index contributed by atoms with van der Waals surface area (Å²) in [5.74, 6) is 3.00. The fourth-order valence-corrected chi connectivity index (χ4v) is 13.0. The minimum absolute atomic E-state index is 0. The molecule has 0 aromatic carbocycles. The van der Waals surface area contributed by atoms with Gasteiger partial charge in [-0.2, -0.15) is 0 Å². The van der Waals surface area contributed by atoms with E-state index >= 15 is 0 Å². The monoisotopic (exact) mass is 642 g/mol. The average Bonchev–Trinajstić information content (AvgIpc) is 3.56. The van der Waals surface area contributed by atoms with E-state index in [4.69, 9.17) is 18.9 Å². The first-order valence-corrected chi connectivity index (χ1v) is 18.6. The fraction of sp³-hybridized carbons (Fsp3) is 0.947. The number of nitrogens with zero attached hydrogens (tertiary/aromatic N) is 2. The largest absolute Gasteiger partial charge is 0.446 e. The minimum atomic E-state index is -0.169. The van der Waals surface area contributed by atoms with Crippen LogP contribution in [0.15, 0.2) is 0 Å². The third kappa shape index (κ3) is 4.71. The number of rotatable bonds is 4. The maximum Gasteiger partial charge on any atom is 0.410 e. The van der Waals surface area contributed by atoms with Gasteiger partial charge in [-0.1, -0.05) is 42.0 Å². The van der Waals surface area contributed by atoms with Gasteiger partial charge in [0.1, 0.15) is 12.2 Å². The van der Waals surface area contributed by atoms with Crippen LogP contribution >= 0.6 is 0 Å². The zero-order chi connectivity index (χ0) is 31.4. The van der Waals surface area contributed by atoms with Crippen LogP contribution in [0, 0.1) is 51.2 Å². The van der Waals surface area contributed by atoms with Crippen molar-refractivity contribution in [3.05, 3.63) is 0 Å². The molecule has 5 aliphatic carbocycles. The average molecular weight is 643 g/mol. The summed E-state index contributed by atoms with van der Waals surface area (Å²) in [4.78, 5) is 29.6. The lowest BCUT2D eigenvalue weighted by Gasteiger charge is -2.59. The summed E-state index contributed by atoms with van der Waals surface area (Å²) in [6.45, 7) is 15.9. The first-order chi connectivity index (χ1) is 21.5. The van der Waals surface area contributed by atoms with Crippen LogP contribution in [0.5, 0.6) is 0 Å². The number of carbonyl (C=O) groups is 2. The number of likely N-dealkylation sites (tertiary alicyclic amines) is 1. The van der Waals surface area contributed by atoms with Gasteiger partial charge in [0.25, 0.3) is 0 Å². The molecule has 0 bridgehead atoms. The molecule has 0 aromatic heterocycles. The van der Waals surface area contributed by atoms with Gasteiger partial charge in [-0.3, -0.25) is 0 Å². The van der Waals surface area contributed by atoms with Gasteiger partial charge >= 0.3 is 12.2 Å². The predicted octanol–water partition coefficient (Wildman–Crippen LogP) is 7.53. The van der Waals surface area contributed by atoms with E-state index < -0.39 is 0 Å². The maximum atomic E-state index is 13.1. The van der Waals surface area contributed by atoms with Crippen LogP contribution in [0.1, 0.15) is 113 Å². The van der Waals surface area contributed by atoms with Crippen molar-refractivity contribution in [3.63, 3.8) is 0 Å². The number of carbonyl (C=O) groups excluding carboxylic acids is 2. The fourth-order valence-electron chi connectivity index (χ4n) is 13.0. The van der Waals surface area contributed by atoms with Crippen molar-refractivity contribution >= 4 is 12.2 Å². The van der Waals surface area contributed by atoms with Gasteiger partial charge in [-0.05, 0) is 116 Å². The van der Waals surface area contributed by atoms with E-state index in [2.05, 4.69) is 34.6 Å². The van der Waals surface area contributed by atoms with Crippen LogP contribution in [0.25, 0.3) is 0 Å². The highest BCUT2D eigenvalue weighted by atomic mass is 16.6. The van der Waals surface area contributed by atoms with E-state index in [0.29, 0.717) is 54.4 Å². The number of amides is 2. The Labute approximate surface area is 277 Å². The van der Waals surface area contributed by atoms with Gasteiger partial charge in [0.05, 0.1) is 25.4 Å². The Morgan fingerprint density at radius 1 is 0.804 bits per heavy atom. The summed E-state index contributed by atoms with van der Waals surface area (Å²) in [5.41, 5.74) is 1.24. The van der Waals surface area contributed by atoms with Crippen molar-refractivity contribution < 1.29 is 28.5 Å². The smallest absolute Gasteiger partial charge is 0.410 e. The zero-order valence-electron chi connectivity index (χ0n) is 28.6. The Morgan fingerprint density at radius 2 is 1.52 bits per heavy atom. The van der Waals surface area contributed by atoms with Crippen LogP contribution in [0.2, 0.25) is 0 Å². The highest BCUT2D eigenvalue weighted by Gasteiger charge is 2.81. The van der Waals surface area contributed by atoms with E-state index in [-0.39, 0.29) is 55.4 Å². The molecule has 0 radical (unpaired) electrons. The summed E-state index contributed by atoms with van der Waals surface area (Å²) >= 11 is 0. The summed E-state index contributed by atoms with van der Waals surface area (Å²) < 4.78 is 24.9. The lowest BCUT2D eigenvalue weighted by Crippen LogP contribution is -2.55. The number of fused-ring (bicyclic) bond motifs is 4. The van der Waals surface area contributed by atoms with Crippen LogP contribution in [-0.4, -0.2) is 85.8 Å². The Morgan fingerprint density at radius 3 is 2.22 bits per heavy atom. The highest BCUT2D eigenvalue weighted by molar-refractivity contribution is 5.69. The van der Waals surface area contributed by atoms with Gasteiger partial charge in [-0.25, -0.2) is 9.59 Å². The Kier molecular flexibility index (Phi) is 8.26. The molecular weight excluding hydrogens is 580 g/mol. The molecule has 0 aromatic rings. The molecule has 11 unspecified atom stereocenters. The molecule has 8 aliphatic rings. The molecule has 5 saturated carbocycles. The van der Waals surface area contributed by atoms with Gasteiger partial charge in [0, 0.05) is 31.6 Å². The molecule has 0 N–H and O–H groups in total. The van der Waals surface area contributed by atoms with E-state index in [9.17, 15) is 9.59 Å². The lowest BCUT2D eigenvalue weighted by molar-refractivity contribution is -0.151. The molecule has 260 valence electrons. The number of morpholine rings is 1. The Hall–Kier alpha value is -1.54. The highest BCUT2D eigenvalue weighted by Crippen LogP contribution is 2.87. The summed E-state index contributed by atoms with van der Waals surface area (Å²) in [7, 11) is 0. The SMILES string of the molecule is C.CC(C)C(OC(=O)N1CCC1)C1CCC2C(CC3C4CCC5C(C)(C)C(OC(=O)N6CCOCC6)CCC56CC46CCC23C)O1. The van der Waals surface area contributed by atoms with E-state index in [1.54, 1.807) is 0 Å². The topological polar surface area (TPSA) is 77.5 Å². The number of hydrogen-bond acceptors (Lipinski definition) is 6. The van der Waals surface area contributed by atoms with E-state index in [0.717, 1.165) is 44.2 Å². The molecule has 2 spiro atoms. The third-order valence-electron chi connectivity index (χ3n) is 15.4. The van der Waals surface area contributed by atoms with Crippen LogP contribution in [0.4, 0.5) is 9.59 Å². The molecule has 8 rings (SSSR count). The molecule has 3 saturated heterocycles. The normalized spacial score (nSPS) is 45.8. The molecular formula is C38H62N2O6. The predicted molar refractivity (Wildman–Crippen MR) is 176 cm³/mol. The lowest BCUT2D eigenvalue weighted by atomic mass is 9.46. The molecule has 8 heteroatoms. The standard InChI is InChI=1S/C37H58N2O6.CH4/c1-23(2)31(45-33(41)38-15-6-16-38)27-9-7-25-28(43-27)21-26-24-8-10-29-34(3,4)30(44-32(40)39-17-19-42-20-18-39)11-12-37(29)22-36(24,37)14-13-35(25,26)5;/h23-31H,6-22H2,1-5H3;1H4. The van der Waals surface area contributed by atoms with E-state index in [1.807, 2.05) is 9.80 Å². The van der Waals surface area contributed by atoms with Crippen LogP contribution in [0.3, 0.4) is 0 Å². The summed E-state index contributed by atoms with van der Waals surface area (Å²) in [5, 5.41) is 0. The second-order valence-electron chi connectivity index (χ2n) is 17.7. The van der Waals surface area contributed by atoms with Gasteiger partial charge < -0.3 is 28.7 Å². The number of hydrogen-bond donors (Lipinski definition) is 0. The van der Waals surface area contributed by atoms with Gasteiger partial charge in [0.15, 0.2) is 0 Å². The molecule has 11 atom stereocenters.